The van der Waals surface area contributed by atoms with Gasteiger partial charge in [-0.1, -0.05) is 6.08 Å². The fraction of sp³-hybridized carbons (Fsp3) is 0.417. The zero-order valence-electron chi connectivity index (χ0n) is 9.98. The summed E-state index contributed by atoms with van der Waals surface area (Å²) in [5.74, 6) is -1.74. The van der Waals surface area contributed by atoms with E-state index in [0.29, 0.717) is 0 Å². The molecule has 0 heterocycles. The second kappa shape index (κ2) is 4.95. The molecule has 17 heavy (non-hydrogen) atoms. The molecule has 0 bridgehead atoms. The highest BCUT2D eigenvalue weighted by Gasteiger charge is 2.36. The van der Waals surface area contributed by atoms with Gasteiger partial charge in [-0.15, -0.1) is 0 Å². The largest absolute Gasteiger partial charge is 0.465 e. The van der Waals surface area contributed by atoms with E-state index in [4.69, 9.17) is 4.74 Å². The fourth-order valence-electron chi connectivity index (χ4n) is 1.44. The fourth-order valence-corrected chi connectivity index (χ4v) is 1.44. The summed E-state index contributed by atoms with van der Waals surface area (Å²) in [6.45, 7) is 3.48. The third kappa shape index (κ3) is 2.61. The molecule has 0 radical (unpaired) electrons. The molecular weight excluding hydrogens is 224 g/mol. The van der Waals surface area contributed by atoms with E-state index in [1.54, 1.807) is 13.8 Å². The average Bonchev–Trinajstić information content (AvgIpc) is 2.32. The van der Waals surface area contributed by atoms with Crippen LogP contribution in [0, 0.1) is 5.41 Å². The van der Waals surface area contributed by atoms with Gasteiger partial charge in [0.1, 0.15) is 11.0 Å². The van der Waals surface area contributed by atoms with Gasteiger partial charge in [0.25, 0.3) is 0 Å². The van der Waals surface area contributed by atoms with Crippen molar-refractivity contribution in [2.24, 2.45) is 5.41 Å². The first kappa shape index (κ1) is 13.2. The monoisotopic (exact) mass is 238 g/mol. The van der Waals surface area contributed by atoms with Crippen molar-refractivity contribution in [2.45, 2.75) is 13.8 Å². The Hall–Kier alpha value is -1.91. The van der Waals surface area contributed by atoms with Crippen molar-refractivity contribution in [1.82, 2.24) is 0 Å². The number of methoxy groups -OCH3 is 1. The molecule has 5 heteroatoms. The van der Waals surface area contributed by atoms with Crippen LogP contribution in [0.25, 0.3) is 0 Å². The van der Waals surface area contributed by atoms with Crippen LogP contribution in [0.5, 0.6) is 0 Å². The van der Waals surface area contributed by atoms with Gasteiger partial charge < -0.3 is 9.47 Å². The minimum absolute atomic E-state index is 0.148. The van der Waals surface area contributed by atoms with Crippen LogP contribution in [0.4, 0.5) is 0 Å². The zero-order chi connectivity index (χ0) is 13.1. The molecule has 1 aliphatic carbocycles. The molecule has 92 valence electrons. The minimum atomic E-state index is -1.10. The molecule has 0 aromatic rings. The normalized spacial score (nSPS) is 23.0. The minimum Gasteiger partial charge on any atom is -0.465 e. The van der Waals surface area contributed by atoms with Crippen LogP contribution < -0.4 is 0 Å². The van der Waals surface area contributed by atoms with Crippen LogP contribution in [-0.2, 0) is 23.9 Å². The van der Waals surface area contributed by atoms with E-state index in [2.05, 4.69) is 4.74 Å². The molecule has 5 nitrogen and oxygen atoms in total. The molecule has 0 amide bonds. The molecule has 0 saturated heterocycles. The van der Waals surface area contributed by atoms with Crippen LogP contribution in [0.1, 0.15) is 13.8 Å². The van der Waals surface area contributed by atoms with Gasteiger partial charge in [-0.2, -0.15) is 0 Å². The van der Waals surface area contributed by atoms with E-state index in [1.807, 2.05) is 0 Å². The van der Waals surface area contributed by atoms with Crippen LogP contribution in [0.3, 0.4) is 0 Å². The number of rotatable bonds is 3. The Morgan fingerprint density at radius 1 is 1.41 bits per heavy atom. The number of esters is 2. The molecule has 0 spiro atoms. The summed E-state index contributed by atoms with van der Waals surface area (Å²) < 4.78 is 9.36. The first-order valence-corrected chi connectivity index (χ1v) is 5.16. The molecule has 1 aliphatic rings. The Labute approximate surface area is 99.1 Å². The first-order chi connectivity index (χ1) is 7.94. The summed E-state index contributed by atoms with van der Waals surface area (Å²) in [4.78, 5) is 34.5. The van der Waals surface area contributed by atoms with Gasteiger partial charge >= 0.3 is 11.9 Å². The molecule has 0 aliphatic heterocycles. The number of hydrogen-bond donors (Lipinski definition) is 0. The topological polar surface area (TPSA) is 69.7 Å². The maximum absolute atomic E-state index is 11.7. The Bertz CT molecular complexity index is 419. The number of ether oxygens (including phenoxy) is 2. The SMILES string of the molecule is CCOC(=O)C1(C)C=CC(=O)C(C(=O)OC)=C1. The van der Waals surface area contributed by atoms with Gasteiger partial charge in [0.2, 0.25) is 0 Å². The van der Waals surface area contributed by atoms with Gasteiger partial charge in [-0.05, 0) is 26.0 Å². The van der Waals surface area contributed by atoms with Gasteiger partial charge in [-0.3, -0.25) is 9.59 Å². The summed E-state index contributed by atoms with van der Waals surface area (Å²) in [6.07, 6.45) is 3.88. The second-order valence-corrected chi connectivity index (χ2v) is 3.75. The lowest BCUT2D eigenvalue weighted by atomic mass is 9.83. The van der Waals surface area contributed by atoms with E-state index < -0.39 is 23.1 Å². The Kier molecular flexibility index (Phi) is 3.83. The molecule has 1 rings (SSSR count). The van der Waals surface area contributed by atoms with Gasteiger partial charge in [0, 0.05) is 0 Å². The van der Waals surface area contributed by atoms with Crippen molar-refractivity contribution < 1.29 is 23.9 Å². The van der Waals surface area contributed by atoms with Crippen LogP contribution in [0.2, 0.25) is 0 Å². The lowest BCUT2D eigenvalue weighted by Gasteiger charge is -2.23. The van der Waals surface area contributed by atoms with E-state index in [-0.39, 0.29) is 12.2 Å². The summed E-state index contributed by atoms with van der Waals surface area (Å²) in [5.41, 5.74) is -1.25. The van der Waals surface area contributed by atoms with Crippen LogP contribution >= 0.6 is 0 Å². The molecular formula is C12H14O5. The zero-order valence-corrected chi connectivity index (χ0v) is 9.98. The lowest BCUT2D eigenvalue weighted by molar-refractivity contribution is -0.149. The second-order valence-electron chi connectivity index (χ2n) is 3.75. The summed E-state index contributed by atoms with van der Waals surface area (Å²) >= 11 is 0. The van der Waals surface area contributed by atoms with Crippen molar-refractivity contribution in [1.29, 1.82) is 0 Å². The Balaban J connectivity index is 3.08. The molecule has 0 saturated carbocycles. The van der Waals surface area contributed by atoms with Crippen LogP contribution in [-0.4, -0.2) is 31.4 Å². The Morgan fingerprint density at radius 2 is 2.06 bits per heavy atom. The smallest absolute Gasteiger partial charge is 0.341 e. The standard InChI is InChI=1S/C12H14O5/c1-4-17-11(15)12(2)6-5-9(13)8(7-12)10(14)16-3/h5-7H,4H2,1-3H3. The van der Waals surface area contributed by atoms with Crippen molar-refractivity contribution in [3.8, 4) is 0 Å². The maximum atomic E-state index is 11.7. The van der Waals surface area contributed by atoms with Crippen molar-refractivity contribution >= 4 is 17.7 Å². The summed E-state index contributed by atoms with van der Waals surface area (Å²) in [5, 5.41) is 0. The van der Waals surface area contributed by atoms with E-state index in [1.165, 1.54) is 25.3 Å². The van der Waals surface area contributed by atoms with Crippen molar-refractivity contribution in [3.63, 3.8) is 0 Å². The van der Waals surface area contributed by atoms with E-state index >= 15 is 0 Å². The predicted molar refractivity (Wildman–Crippen MR) is 59.0 cm³/mol. The first-order valence-electron chi connectivity index (χ1n) is 5.16. The highest BCUT2D eigenvalue weighted by Crippen LogP contribution is 2.28. The van der Waals surface area contributed by atoms with Crippen molar-refractivity contribution in [3.05, 3.63) is 23.8 Å². The number of carbonyl (C=O) groups is 3. The van der Waals surface area contributed by atoms with E-state index in [0.717, 1.165) is 0 Å². The Morgan fingerprint density at radius 3 is 2.59 bits per heavy atom. The molecule has 0 N–H and O–H groups in total. The summed E-state index contributed by atoms with van der Waals surface area (Å²) in [7, 11) is 1.18. The van der Waals surface area contributed by atoms with Gasteiger partial charge in [0.15, 0.2) is 5.78 Å². The average molecular weight is 238 g/mol. The van der Waals surface area contributed by atoms with Gasteiger partial charge in [0.05, 0.1) is 13.7 Å². The third-order valence-corrected chi connectivity index (χ3v) is 2.41. The predicted octanol–water partition coefficient (Wildman–Crippen LogP) is 0.794. The number of hydrogen-bond acceptors (Lipinski definition) is 5. The van der Waals surface area contributed by atoms with Crippen LogP contribution in [0.15, 0.2) is 23.8 Å². The highest BCUT2D eigenvalue weighted by molar-refractivity contribution is 6.23. The summed E-state index contributed by atoms with van der Waals surface area (Å²) in [6, 6.07) is 0. The van der Waals surface area contributed by atoms with Gasteiger partial charge in [-0.25, -0.2) is 4.79 Å². The molecule has 0 aromatic carbocycles. The third-order valence-electron chi connectivity index (χ3n) is 2.41. The number of allylic oxidation sites excluding steroid dienone is 1. The molecule has 0 fully saturated rings. The number of carbonyl (C=O) groups excluding carboxylic acids is 3. The lowest BCUT2D eigenvalue weighted by Crippen LogP contribution is -2.31. The molecule has 1 unspecified atom stereocenters. The van der Waals surface area contributed by atoms with E-state index in [9.17, 15) is 14.4 Å². The molecule has 1 atom stereocenters. The highest BCUT2D eigenvalue weighted by atomic mass is 16.5. The maximum Gasteiger partial charge on any atom is 0.341 e. The quantitative estimate of drug-likeness (QED) is 0.537. The number of ketones is 1. The molecule has 0 aromatic heterocycles. The van der Waals surface area contributed by atoms with Crippen molar-refractivity contribution in [2.75, 3.05) is 13.7 Å².